The molecule has 0 bridgehead atoms. The molecule has 4 rings (SSSR count). The average molecular weight is 495 g/mol. The van der Waals surface area contributed by atoms with E-state index in [1.165, 1.54) is 23.2 Å². The summed E-state index contributed by atoms with van der Waals surface area (Å²) >= 11 is 6.14. The molecule has 2 saturated heterocycles. The van der Waals surface area contributed by atoms with E-state index in [-0.39, 0.29) is 24.2 Å². The fourth-order valence-electron chi connectivity index (χ4n) is 4.56. The monoisotopic (exact) mass is 494 g/mol. The van der Waals surface area contributed by atoms with Gasteiger partial charge in [-0.3, -0.25) is 9.59 Å². The largest absolute Gasteiger partial charge is 0.419 e. The molecule has 0 saturated carbocycles. The van der Waals surface area contributed by atoms with E-state index in [2.05, 4.69) is 10.3 Å². The maximum Gasteiger partial charge on any atom is 0.419 e. The van der Waals surface area contributed by atoms with Crippen LogP contribution in [0.2, 0.25) is 5.02 Å². The molecule has 1 aromatic carbocycles. The standard InChI is InChI=1S/C24H26ClF3N4O2/c25-17-8-9-18(23(34)31-11-2-1-3-12-31)20(14-17)30-22(33)16-6-5-13-32(15-16)21-19(24(26,27)28)7-4-10-29-21/h4,7-10,14,16H,1-3,5-6,11-13,15H2,(H,30,33). The summed E-state index contributed by atoms with van der Waals surface area (Å²) < 4.78 is 40.4. The van der Waals surface area contributed by atoms with E-state index in [4.69, 9.17) is 11.6 Å². The van der Waals surface area contributed by atoms with Crippen molar-refractivity contribution in [3.05, 3.63) is 52.7 Å². The average Bonchev–Trinajstić information content (AvgIpc) is 2.84. The van der Waals surface area contributed by atoms with Crippen molar-refractivity contribution in [2.24, 2.45) is 5.92 Å². The molecule has 10 heteroatoms. The molecule has 1 aromatic heterocycles. The Morgan fingerprint density at radius 3 is 2.56 bits per heavy atom. The van der Waals surface area contributed by atoms with Crippen LogP contribution in [0.1, 0.15) is 48.0 Å². The predicted octanol–water partition coefficient (Wildman–Crippen LogP) is 5.24. The zero-order valence-electron chi connectivity index (χ0n) is 18.6. The summed E-state index contributed by atoms with van der Waals surface area (Å²) in [6.07, 6.45) is 0.798. The summed E-state index contributed by atoms with van der Waals surface area (Å²) in [4.78, 5) is 33.4. The van der Waals surface area contributed by atoms with Crippen molar-refractivity contribution in [1.82, 2.24) is 9.88 Å². The van der Waals surface area contributed by atoms with Crippen molar-refractivity contribution in [2.75, 3.05) is 36.4 Å². The number of amides is 2. The smallest absolute Gasteiger partial charge is 0.355 e. The molecule has 2 aliphatic rings. The summed E-state index contributed by atoms with van der Waals surface area (Å²) in [5, 5.41) is 3.19. The van der Waals surface area contributed by atoms with Gasteiger partial charge < -0.3 is 15.1 Å². The van der Waals surface area contributed by atoms with E-state index in [1.807, 2.05) is 0 Å². The van der Waals surface area contributed by atoms with Gasteiger partial charge in [0, 0.05) is 37.4 Å². The molecule has 6 nitrogen and oxygen atoms in total. The molecule has 0 aliphatic carbocycles. The number of likely N-dealkylation sites (tertiary alicyclic amines) is 1. The second-order valence-corrected chi connectivity index (χ2v) is 9.13. The molecule has 2 amide bonds. The van der Waals surface area contributed by atoms with Gasteiger partial charge in [-0.1, -0.05) is 11.6 Å². The van der Waals surface area contributed by atoms with Gasteiger partial charge in [-0.2, -0.15) is 13.2 Å². The van der Waals surface area contributed by atoms with Crippen molar-refractivity contribution < 1.29 is 22.8 Å². The Morgan fingerprint density at radius 2 is 1.82 bits per heavy atom. The molecular weight excluding hydrogens is 469 g/mol. The van der Waals surface area contributed by atoms with Crippen molar-refractivity contribution in [2.45, 2.75) is 38.3 Å². The number of carbonyl (C=O) groups is 2. The highest BCUT2D eigenvalue weighted by molar-refractivity contribution is 6.31. The first-order valence-corrected chi connectivity index (χ1v) is 11.8. The minimum absolute atomic E-state index is 0.0991. The zero-order valence-corrected chi connectivity index (χ0v) is 19.3. The molecule has 1 N–H and O–H groups in total. The molecule has 2 fully saturated rings. The highest BCUT2D eigenvalue weighted by Crippen LogP contribution is 2.36. The molecule has 182 valence electrons. The zero-order chi connectivity index (χ0) is 24.3. The van der Waals surface area contributed by atoms with Crippen LogP contribution in [0.3, 0.4) is 0 Å². The molecule has 34 heavy (non-hydrogen) atoms. The Labute approximate surface area is 201 Å². The number of aromatic nitrogens is 1. The van der Waals surface area contributed by atoms with Crippen molar-refractivity contribution >= 4 is 34.9 Å². The minimum Gasteiger partial charge on any atom is -0.355 e. The fraction of sp³-hybridized carbons (Fsp3) is 0.458. The van der Waals surface area contributed by atoms with Crippen LogP contribution in [0.25, 0.3) is 0 Å². The second-order valence-electron chi connectivity index (χ2n) is 8.69. The van der Waals surface area contributed by atoms with Gasteiger partial charge in [0.2, 0.25) is 5.91 Å². The maximum atomic E-state index is 13.5. The SMILES string of the molecule is O=C(Nc1cc(Cl)ccc1C(=O)N1CCCCC1)C1CCCN(c2ncccc2C(F)(F)F)C1. The summed E-state index contributed by atoms with van der Waals surface area (Å²) in [5.41, 5.74) is -0.143. The van der Waals surface area contributed by atoms with Gasteiger partial charge in [0.05, 0.1) is 22.7 Å². The van der Waals surface area contributed by atoms with Crippen LogP contribution in [0.5, 0.6) is 0 Å². The van der Waals surface area contributed by atoms with E-state index in [1.54, 1.807) is 17.0 Å². The van der Waals surface area contributed by atoms with Crippen molar-refractivity contribution in [1.29, 1.82) is 0 Å². The molecule has 1 atom stereocenters. The van der Waals surface area contributed by atoms with Crippen LogP contribution in [-0.2, 0) is 11.0 Å². The highest BCUT2D eigenvalue weighted by atomic mass is 35.5. The Hall–Kier alpha value is -2.81. The normalized spacial score (nSPS) is 19.1. The third-order valence-electron chi connectivity index (χ3n) is 6.30. The van der Waals surface area contributed by atoms with Gasteiger partial charge in [0.1, 0.15) is 5.82 Å². The van der Waals surface area contributed by atoms with Crippen molar-refractivity contribution in [3.8, 4) is 0 Å². The van der Waals surface area contributed by atoms with Crippen LogP contribution in [0.4, 0.5) is 24.7 Å². The second kappa shape index (κ2) is 10.2. The van der Waals surface area contributed by atoms with E-state index in [0.29, 0.717) is 48.7 Å². The number of nitrogens with one attached hydrogen (secondary N) is 1. The number of rotatable bonds is 4. The Kier molecular flexibility index (Phi) is 7.30. The lowest BCUT2D eigenvalue weighted by Crippen LogP contribution is -2.42. The molecular formula is C24H26ClF3N4O2. The Morgan fingerprint density at radius 1 is 1.06 bits per heavy atom. The number of anilines is 2. The first kappa shape index (κ1) is 24.3. The Bertz CT molecular complexity index is 1060. The van der Waals surface area contributed by atoms with Gasteiger partial charge in [-0.15, -0.1) is 0 Å². The lowest BCUT2D eigenvalue weighted by Gasteiger charge is -2.34. The van der Waals surface area contributed by atoms with E-state index < -0.39 is 17.7 Å². The molecule has 3 heterocycles. The third kappa shape index (κ3) is 5.46. The molecule has 0 radical (unpaired) electrons. The third-order valence-corrected chi connectivity index (χ3v) is 6.53. The van der Waals surface area contributed by atoms with Gasteiger partial charge in [0.25, 0.3) is 5.91 Å². The van der Waals surface area contributed by atoms with E-state index >= 15 is 0 Å². The number of benzene rings is 1. The number of pyridine rings is 1. The highest BCUT2D eigenvalue weighted by Gasteiger charge is 2.37. The quantitative estimate of drug-likeness (QED) is 0.631. The van der Waals surface area contributed by atoms with Crippen LogP contribution >= 0.6 is 11.6 Å². The number of hydrogen-bond donors (Lipinski definition) is 1. The van der Waals surface area contributed by atoms with Gasteiger partial charge in [-0.05, 0) is 62.4 Å². The number of nitrogens with zero attached hydrogens (tertiary/aromatic N) is 3. The number of halogens is 4. The van der Waals surface area contributed by atoms with E-state index in [0.717, 1.165) is 25.3 Å². The first-order valence-electron chi connectivity index (χ1n) is 11.4. The van der Waals surface area contributed by atoms with Crippen LogP contribution in [0.15, 0.2) is 36.5 Å². The van der Waals surface area contributed by atoms with Gasteiger partial charge >= 0.3 is 6.18 Å². The number of hydrogen-bond acceptors (Lipinski definition) is 4. The van der Waals surface area contributed by atoms with E-state index in [9.17, 15) is 22.8 Å². The predicted molar refractivity (Wildman–Crippen MR) is 124 cm³/mol. The maximum absolute atomic E-state index is 13.5. The van der Waals surface area contributed by atoms with Crippen LogP contribution in [-0.4, -0.2) is 47.9 Å². The summed E-state index contributed by atoms with van der Waals surface area (Å²) in [7, 11) is 0. The Balaban J connectivity index is 1.51. The molecule has 0 spiro atoms. The summed E-state index contributed by atoms with van der Waals surface area (Å²) in [6.45, 7) is 1.80. The van der Waals surface area contributed by atoms with Crippen molar-refractivity contribution in [3.63, 3.8) is 0 Å². The molecule has 2 aromatic rings. The lowest BCUT2D eigenvalue weighted by molar-refractivity contribution is -0.137. The van der Waals surface area contributed by atoms with Crippen LogP contribution in [0, 0.1) is 5.92 Å². The minimum atomic E-state index is -4.54. The summed E-state index contributed by atoms with van der Waals surface area (Å²) in [6, 6.07) is 7.00. The van der Waals surface area contributed by atoms with Gasteiger partial charge in [0.15, 0.2) is 0 Å². The van der Waals surface area contributed by atoms with Gasteiger partial charge in [-0.25, -0.2) is 4.98 Å². The number of piperidine rings is 2. The lowest BCUT2D eigenvalue weighted by atomic mass is 9.96. The number of alkyl halides is 3. The first-order chi connectivity index (χ1) is 16.2. The summed E-state index contributed by atoms with van der Waals surface area (Å²) in [5.74, 6) is -1.26. The molecule has 1 unspecified atom stereocenters. The fourth-order valence-corrected chi connectivity index (χ4v) is 4.73. The topological polar surface area (TPSA) is 65.5 Å². The number of carbonyl (C=O) groups excluding carboxylic acids is 2. The van der Waals surface area contributed by atoms with Crippen LogP contribution < -0.4 is 10.2 Å². The molecule has 2 aliphatic heterocycles.